The van der Waals surface area contributed by atoms with E-state index >= 15 is 0 Å². The monoisotopic (exact) mass is 219 g/mol. The molecule has 0 bridgehead atoms. The predicted molar refractivity (Wildman–Crippen MR) is 62.2 cm³/mol. The van der Waals surface area contributed by atoms with Crippen LogP contribution in [0.15, 0.2) is 0 Å². The van der Waals surface area contributed by atoms with E-state index < -0.39 is 0 Å². The summed E-state index contributed by atoms with van der Waals surface area (Å²) in [5.74, 6) is 0. The molecule has 0 aliphatic carbocycles. The van der Waals surface area contributed by atoms with Gasteiger partial charge in [0.2, 0.25) is 0 Å². The van der Waals surface area contributed by atoms with Crippen LogP contribution < -0.4 is 10.6 Å². The second-order valence-corrected chi connectivity index (χ2v) is 4.20. The maximum Gasteiger partial charge on any atom is 0.0349 e. The van der Waals surface area contributed by atoms with E-state index in [4.69, 9.17) is 0 Å². The Kier molecular flexibility index (Phi) is 5.17. The van der Waals surface area contributed by atoms with Crippen molar-refractivity contribution in [2.75, 3.05) is 32.7 Å². The van der Waals surface area contributed by atoms with Crippen molar-refractivity contribution < 1.29 is 0 Å². The van der Waals surface area contributed by atoms with Crippen molar-refractivity contribution in [3.05, 3.63) is 0 Å². The van der Waals surface area contributed by atoms with E-state index in [-0.39, 0.29) is 12.4 Å². The fourth-order valence-corrected chi connectivity index (χ4v) is 2.37. The number of hydrogen-bond donors (Lipinski definition) is 2. The summed E-state index contributed by atoms with van der Waals surface area (Å²) in [5, 5.41) is 6.85. The Morgan fingerprint density at radius 2 is 2.00 bits per heavy atom. The van der Waals surface area contributed by atoms with Crippen molar-refractivity contribution in [3.63, 3.8) is 0 Å². The normalized spacial score (nSPS) is 29.4. The van der Waals surface area contributed by atoms with Gasteiger partial charge in [0.15, 0.2) is 0 Å². The van der Waals surface area contributed by atoms with E-state index in [0.29, 0.717) is 0 Å². The van der Waals surface area contributed by atoms with E-state index in [0.717, 1.165) is 12.1 Å². The second kappa shape index (κ2) is 5.91. The summed E-state index contributed by atoms with van der Waals surface area (Å²) >= 11 is 0. The summed E-state index contributed by atoms with van der Waals surface area (Å²) in [4.78, 5) is 2.70. The molecule has 2 aliphatic heterocycles. The molecular weight excluding hydrogens is 198 g/mol. The molecule has 1 atom stereocenters. The Labute approximate surface area is 93.0 Å². The summed E-state index contributed by atoms with van der Waals surface area (Å²) in [6.07, 6.45) is 2.66. The second-order valence-electron chi connectivity index (χ2n) is 4.20. The van der Waals surface area contributed by atoms with Gasteiger partial charge in [-0.2, -0.15) is 0 Å². The molecule has 0 radical (unpaired) electrons. The van der Waals surface area contributed by atoms with Crippen LogP contribution in [0, 0.1) is 0 Å². The molecule has 84 valence electrons. The predicted octanol–water partition coefficient (Wildman–Crippen LogP) is 0.454. The van der Waals surface area contributed by atoms with Crippen LogP contribution in [0.25, 0.3) is 0 Å². The van der Waals surface area contributed by atoms with E-state index in [1.807, 2.05) is 0 Å². The van der Waals surface area contributed by atoms with Crippen LogP contribution in [-0.2, 0) is 0 Å². The number of halogens is 1. The minimum absolute atomic E-state index is 0. The molecule has 0 amide bonds. The van der Waals surface area contributed by atoms with Crippen molar-refractivity contribution in [3.8, 4) is 0 Å². The highest BCUT2D eigenvalue weighted by molar-refractivity contribution is 5.85. The van der Waals surface area contributed by atoms with Gasteiger partial charge in [-0.05, 0) is 6.42 Å². The molecule has 2 rings (SSSR count). The van der Waals surface area contributed by atoms with Gasteiger partial charge in [0.05, 0.1) is 0 Å². The molecule has 2 saturated heterocycles. The van der Waals surface area contributed by atoms with Crippen molar-refractivity contribution in [1.82, 2.24) is 15.5 Å². The number of rotatable bonds is 3. The van der Waals surface area contributed by atoms with Gasteiger partial charge in [0, 0.05) is 44.8 Å². The summed E-state index contributed by atoms with van der Waals surface area (Å²) in [6.45, 7) is 8.32. The lowest BCUT2D eigenvalue weighted by Crippen LogP contribution is -2.64. The lowest BCUT2D eigenvalue weighted by molar-refractivity contribution is 0.0695. The van der Waals surface area contributed by atoms with Gasteiger partial charge >= 0.3 is 0 Å². The first-order valence-electron chi connectivity index (χ1n) is 5.59. The average molecular weight is 220 g/mol. The fourth-order valence-electron chi connectivity index (χ4n) is 2.37. The topological polar surface area (TPSA) is 27.3 Å². The van der Waals surface area contributed by atoms with Gasteiger partial charge in [-0.15, -0.1) is 12.4 Å². The lowest BCUT2D eigenvalue weighted by atomic mass is 10.0. The first-order valence-corrected chi connectivity index (χ1v) is 5.59. The van der Waals surface area contributed by atoms with Gasteiger partial charge in [0.25, 0.3) is 0 Å². The zero-order chi connectivity index (χ0) is 9.10. The highest BCUT2D eigenvalue weighted by atomic mass is 35.5. The first-order chi connectivity index (χ1) is 6.42. The van der Waals surface area contributed by atoms with Gasteiger partial charge in [-0.1, -0.05) is 13.3 Å². The Bertz CT molecular complexity index is 159. The third kappa shape index (κ3) is 2.60. The number of hydrogen-bond acceptors (Lipinski definition) is 3. The van der Waals surface area contributed by atoms with Gasteiger partial charge in [0.1, 0.15) is 0 Å². The van der Waals surface area contributed by atoms with Crippen LogP contribution in [0.3, 0.4) is 0 Å². The number of nitrogens with zero attached hydrogens (tertiary/aromatic N) is 1. The maximum absolute atomic E-state index is 3.49. The van der Waals surface area contributed by atoms with Crippen LogP contribution in [0.4, 0.5) is 0 Å². The smallest absolute Gasteiger partial charge is 0.0349 e. The Hall–Kier alpha value is 0.170. The van der Waals surface area contributed by atoms with Crippen LogP contribution in [0.5, 0.6) is 0 Å². The molecule has 0 spiro atoms. The van der Waals surface area contributed by atoms with Crippen molar-refractivity contribution in [2.45, 2.75) is 31.8 Å². The molecule has 0 aromatic carbocycles. The summed E-state index contributed by atoms with van der Waals surface area (Å²) in [6, 6.07) is 1.63. The Morgan fingerprint density at radius 1 is 1.21 bits per heavy atom. The minimum atomic E-state index is 0. The third-order valence-corrected chi connectivity index (χ3v) is 3.25. The standard InChI is InChI=1S/C10H21N3.ClH/c1-2-3-9-6-11-4-5-13(9)10-7-12-8-10;/h9-12H,2-8H2,1H3;1H. The Morgan fingerprint density at radius 3 is 2.57 bits per heavy atom. The van der Waals surface area contributed by atoms with E-state index in [1.165, 1.54) is 45.6 Å². The highest BCUT2D eigenvalue weighted by Gasteiger charge is 2.31. The molecule has 3 nitrogen and oxygen atoms in total. The van der Waals surface area contributed by atoms with E-state index in [9.17, 15) is 0 Å². The van der Waals surface area contributed by atoms with Crippen molar-refractivity contribution in [1.29, 1.82) is 0 Å². The SMILES string of the molecule is CCCC1CNCCN1C1CNC1.Cl. The first kappa shape index (κ1) is 12.2. The largest absolute Gasteiger partial charge is 0.314 e. The molecule has 2 N–H and O–H groups in total. The van der Waals surface area contributed by atoms with Gasteiger partial charge < -0.3 is 10.6 Å². The van der Waals surface area contributed by atoms with Crippen LogP contribution in [-0.4, -0.2) is 49.7 Å². The zero-order valence-corrected chi connectivity index (χ0v) is 9.78. The fraction of sp³-hybridized carbons (Fsp3) is 1.00. The van der Waals surface area contributed by atoms with Crippen molar-refractivity contribution >= 4 is 12.4 Å². The molecule has 0 aromatic heterocycles. The zero-order valence-electron chi connectivity index (χ0n) is 8.96. The van der Waals surface area contributed by atoms with Crippen molar-refractivity contribution in [2.24, 2.45) is 0 Å². The molecule has 1 unspecified atom stereocenters. The average Bonchev–Trinajstić information content (AvgIpc) is 2.05. The molecular formula is C10H22ClN3. The van der Waals surface area contributed by atoms with Gasteiger partial charge in [-0.3, -0.25) is 4.90 Å². The highest BCUT2D eigenvalue weighted by Crippen LogP contribution is 2.15. The molecule has 4 heteroatoms. The lowest BCUT2D eigenvalue weighted by Gasteiger charge is -2.45. The minimum Gasteiger partial charge on any atom is -0.314 e. The maximum atomic E-state index is 3.49. The molecule has 14 heavy (non-hydrogen) atoms. The van der Waals surface area contributed by atoms with Crippen LogP contribution >= 0.6 is 12.4 Å². The van der Waals surface area contributed by atoms with E-state index in [1.54, 1.807) is 0 Å². The molecule has 0 aromatic rings. The molecule has 2 aliphatic rings. The number of nitrogens with one attached hydrogen (secondary N) is 2. The number of piperazine rings is 1. The van der Waals surface area contributed by atoms with E-state index in [2.05, 4.69) is 22.5 Å². The van der Waals surface area contributed by atoms with Crippen LogP contribution in [0.1, 0.15) is 19.8 Å². The summed E-state index contributed by atoms with van der Waals surface area (Å²) in [7, 11) is 0. The molecule has 2 fully saturated rings. The Balaban J connectivity index is 0.000000980. The molecule has 0 saturated carbocycles. The van der Waals surface area contributed by atoms with Crippen LogP contribution in [0.2, 0.25) is 0 Å². The molecule has 2 heterocycles. The quantitative estimate of drug-likeness (QED) is 0.722. The summed E-state index contributed by atoms with van der Waals surface area (Å²) in [5.41, 5.74) is 0. The summed E-state index contributed by atoms with van der Waals surface area (Å²) < 4.78 is 0. The third-order valence-electron chi connectivity index (χ3n) is 3.25. The van der Waals surface area contributed by atoms with Gasteiger partial charge in [-0.25, -0.2) is 0 Å².